The molecule has 18 heteroatoms. The summed E-state index contributed by atoms with van der Waals surface area (Å²) in [7, 11) is 0. The Morgan fingerprint density at radius 1 is 0.825 bits per heavy atom. The van der Waals surface area contributed by atoms with Crippen molar-refractivity contribution in [2.24, 2.45) is 17.6 Å². The molecule has 2 aromatic carbocycles. The average Bonchev–Trinajstić information content (AvgIpc) is 3.13. The van der Waals surface area contributed by atoms with Gasteiger partial charge >= 0.3 is 30.6 Å². The van der Waals surface area contributed by atoms with Gasteiger partial charge in [-0.2, -0.15) is 39.5 Å². The van der Waals surface area contributed by atoms with E-state index in [9.17, 15) is 49.1 Å². The van der Waals surface area contributed by atoms with E-state index in [1.807, 2.05) is 0 Å². The van der Waals surface area contributed by atoms with Crippen molar-refractivity contribution in [3.63, 3.8) is 0 Å². The van der Waals surface area contributed by atoms with Gasteiger partial charge < -0.3 is 19.9 Å². The Kier molecular flexibility index (Phi) is 13.0. The smallest absolute Gasteiger partial charge is 0.416 e. The molecule has 9 nitrogen and oxygen atoms in total. The first-order chi connectivity index (χ1) is 26.7. The minimum atomic E-state index is -5.13. The number of ether oxygens (including phenoxy) is 3. The summed E-state index contributed by atoms with van der Waals surface area (Å²) in [6, 6.07) is 3.83. The van der Waals surface area contributed by atoms with Gasteiger partial charge in [0.1, 0.15) is 11.5 Å². The number of hydrogen-bond acceptors (Lipinski definition) is 8. The summed E-state index contributed by atoms with van der Waals surface area (Å²) in [6.07, 6.45) is -12.6. The molecule has 0 bridgehead atoms. The molecule has 0 unspecified atom stereocenters. The zero-order valence-electron chi connectivity index (χ0n) is 31.4. The number of aromatic nitrogens is 2. The Morgan fingerprint density at radius 2 is 1.42 bits per heavy atom. The molecule has 2 atom stereocenters. The number of rotatable bonds is 11. The van der Waals surface area contributed by atoms with Crippen LogP contribution in [0, 0.1) is 11.8 Å². The summed E-state index contributed by atoms with van der Waals surface area (Å²) < 4.78 is 142. The minimum Gasteiger partial charge on any atom is -0.490 e. The van der Waals surface area contributed by atoms with Crippen LogP contribution in [0.25, 0.3) is 0 Å². The number of nitrogens with two attached hydrogens (primary N) is 1. The van der Waals surface area contributed by atoms with Gasteiger partial charge in [-0.05, 0) is 112 Å². The summed E-state index contributed by atoms with van der Waals surface area (Å²) in [4.78, 5) is 35.3. The topological polar surface area (TPSA) is 117 Å². The normalized spacial score (nSPS) is 21.5. The molecule has 1 aromatic heterocycles. The fourth-order valence-corrected chi connectivity index (χ4v) is 7.43. The molecule has 0 spiro atoms. The Hall–Kier alpha value is -4.61. The number of alkyl halides is 9. The maximum atomic E-state index is 14.1. The average molecular weight is 819 g/mol. The van der Waals surface area contributed by atoms with Crippen LogP contribution in [0.5, 0.6) is 5.75 Å². The van der Waals surface area contributed by atoms with E-state index in [0.717, 1.165) is 23.1 Å². The summed E-state index contributed by atoms with van der Waals surface area (Å²) in [6.45, 7) is 5.19. The van der Waals surface area contributed by atoms with Gasteiger partial charge in [-0.15, -0.1) is 0 Å². The van der Waals surface area contributed by atoms with Gasteiger partial charge in [0.25, 0.3) is 0 Å². The number of nitrogens with zero attached hydrogens (tertiary/aromatic N) is 3. The molecule has 1 amide bonds. The van der Waals surface area contributed by atoms with Crippen LogP contribution in [0.15, 0.2) is 42.6 Å². The molecular formula is C39H43F9N4O5. The summed E-state index contributed by atoms with van der Waals surface area (Å²) >= 11 is 0. The van der Waals surface area contributed by atoms with Gasteiger partial charge in [0.15, 0.2) is 5.75 Å². The van der Waals surface area contributed by atoms with Crippen molar-refractivity contribution >= 4 is 17.7 Å². The maximum Gasteiger partial charge on any atom is 0.416 e. The highest BCUT2D eigenvalue weighted by Gasteiger charge is 2.47. The molecule has 1 fully saturated rings. The summed E-state index contributed by atoms with van der Waals surface area (Å²) in [5, 5.41) is 0. The third kappa shape index (κ3) is 10.3. The molecule has 1 saturated carbocycles. The van der Waals surface area contributed by atoms with E-state index < -0.39 is 64.9 Å². The number of anilines is 1. The Morgan fingerprint density at radius 3 is 1.98 bits per heavy atom. The molecule has 2 aliphatic rings. The largest absolute Gasteiger partial charge is 0.490 e. The van der Waals surface area contributed by atoms with Crippen molar-refractivity contribution in [1.82, 2.24) is 9.97 Å². The lowest BCUT2D eigenvalue weighted by atomic mass is 9.80. The van der Waals surface area contributed by atoms with Crippen molar-refractivity contribution < 1.29 is 63.3 Å². The van der Waals surface area contributed by atoms with Crippen molar-refractivity contribution in [2.45, 2.75) is 102 Å². The highest BCUT2D eigenvalue weighted by Crippen LogP contribution is 2.48. The van der Waals surface area contributed by atoms with Crippen LogP contribution in [-0.4, -0.2) is 47.5 Å². The van der Waals surface area contributed by atoms with Crippen molar-refractivity contribution in [3.05, 3.63) is 81.9 Å². The fourth-order valence-electron chi connectivity index (χ4n) is 7.43. The van der Waals surface area contributed by atoms with Crippen LogP contribution in [0.1, 0.15) is 111 Å². The standard InChI is InChI=1S/C39H43F9N4O5/c1-4-36(49)19-29(28-18-25(37(40,41)42)11-12-31(28)52(36)35(54)56-6-3)34-50-20-32(57-21-23-9-7-22(8-10-23)16-33(53)55-5-2)30(51-34)15-24-13-26(38(43,44)45)17-27(14-24)39(46,47)48/h11-14,17-18,20,22-23,29H,4-10,15-16,19,21,49H2,1-3H3/t22?,23?,29-,36+/m0/s1. The van der Waals surface area contributed by atoms with E-state index in [2.05, 4.69) is 9.97 Å². The number of benzene rings is 2. The number of carbonyl (C=O) groups is 2. The Bertz CT molecular complexity index is 1880. The lowest BCUT2D eigenvalue weighted by molar-refractivity contribution is -0.145. The number of hydrogen-bond donors (Lipinski definition) is 1. The van der Waals surface area contributed by atoms with Crippen LogP contribution in [-0.2, 0) is 39.2 Å². The summed E-state index contributed by atoms with van der Waals surface area (Å²) in [5.41, 5.74) is 0.485. The van der Waals surface area contributed by atoms with E-state index >= 15 is 0 Å². The van der Waals surface area contributed by atoms with Crippen LogP contribution in [0.2, 0.25) is 0 Å². The first kappa shape index (κ1) is 43.5. The number of halogens is 9. The van der Waals surface area contributed by atoms with Crippen LogP contribution in [0.3, 0.4) is 0 Å². The lowest BCUT2D eigenvalue weighted by Gasteiger charge is -2.46. The van der Waals surface area contributed by atoms with Crippen molar-refractivity contribution in [1.29, 1.82) is 0 Å². The molecule has 312 valence electrons. The molecule has 3 aromatic rings. The van der Waals surface area contributed by atoms with Gasteiger partial charge in [0.05, 0.1) is 54.1 Å². The van der Waals surface area contributed by atoms with Gasteiger partial charge in [0.2, 0.25) is 0 Å². The van der Waals surface area contributed by atoms with E-state index in [-0.39, 0.29) is 91.5 Å². The zero-order valence-corrected chi connectivity index (χ0v) is 31.4. The number of amides is 1. The number of carbonyl (C=O) groups excluding carboxylic acids is 2. The fraction of sp³-hybridized carbons (Fsp3) is 0.538. The predicted molar refractivity (Wildman–Crippen MR) is 188 cm³/mol. The Balaban J connectivity index is 1.58. The molecular weight excluding hydrogens is 775 g/mol. The van der Waals surface area contributed by atoms with Crippen LogP contribution >= 0.6 is 0 Å². The molecule has 2 heterocycles. The zero-order chi connectivity index (χ0) is 41.9. The van der Waals surface area contributed by atoms with Crippen LogP contribution in [0.4, 0.5) is 50.0 Å². The predicted octanol–water partition coefficient (Wildman–Crippen LogP) is 9.83. The molecule has 0 radical (unpaired) electrons. The SMILES string of the molecule is CCOC(=O)CC1CCC(COc2cnc([C@H]3C[C@@](N)(CC)N(C(=O)OCC)c4ccc(C(F)(F)F)cc43)nc2Cc2cc(C(F)(F)F)cc(C(F)(F)F)c2)CC1. The maximum absolute atomic E-state index is 14.1. The second-order valence-electron chi connectivity index (χ2n) is 14.4. The lowest BCUT2D eigenvalue weighted by Crippen LogP contribution is -2.61. The van der Waals surface area contributed by atoms with E-state index in [4.69, 9.17) is 19.9 Å². The highest BCUT2D eigenvalue weighted by molar-refractivity contribution is 5.91. The molecule has 57 heavy (non-hydrogen) atoms. The van der Waals surface area contributed by atoms with E-state index in [1.54, 1.807) is 20.8 Å². The molecule has 5 rings (SSSR count). The second-order valence-corrected chi connectivity index (χ2v) is 14.4. The monoisotopic (exact) mass is 818 g/mol. The molecule has 1 aliphatic carbocycles. The van der Waals surface area contributed by atoms with Crippen LogP contribution < -0.4 is 15.4 Å². The van der Waals surface area contributed by atoms with Gasteiger partial charge in [-0.25, -0.2) is 14.8 Å². The number of esters is 1. The first-order valence-electron chi connectivity index (χ1n) is 18.6. The highest BCUT2D eigenvalue weighted by atomic mass is 19.4. The van der Waals surface area contributed by atoms with Gasteiger partial charge in [0, 0.05) is 18.8 Å². The number of fused-ring (bicyclic) bond motifs is 1. The van der Waals surface area contributed by atoms with Gasteiger partial charge in [-0.1, -0.05) is 6.92 Å². The molecule has 0 saturated heterocycles. The van der Waals surface area contributed by atoms with E-state index in [0.29, 0.717) is 37.8 Å². The minimum absolute atomic E-state index is 0.00266. The molecule has 2 N–H and O–H groups in total. The molecule has 1 aliphatic heterocycles. The third-order valence-electron chi connectivity index (χ3n) is 10.4. The quantitative estimate of drug-likeness (QED) is 0.150. The second kappa shape index (κ2) is 17.1. The van der Waals surface area contributed by atoms with Gasteiger partial charge in [-0.3, -0.25) is 9.69 Å². The Labute approximate surface area is 323 Å². The first-order valence-corrected chi connectivity index (χ1v) is 18.6. The van der Waals surface area contributed by atoms with Crippen molar-refractivity contribution in [3.8, 4) is 5.75 Å². The van der Waals surface area contributed by atoms with E-state index in [1.165, 1.54) is 6.20 Å². The van der Waals surface area contributed by atoms with Crippen molar-refractivity contribution in [2.75, 3.05) is 24.7 Å². The third-order valence-corrected chi connectivity index (χ3v) is 10.4. The summed E-state index contributed by atoms with van der Waals surface area (Å²) in [5.74, 6) is -1.54.